The van der Waals surface area contributed by atoms with Gasteiger partial charge in [-0.1, -0.05) is 39.7 Å². The number of nitrogens with zero attached hydrogens (tertiary/aromatic N) is 2. The molecule has 1 saturated carbocycles. The number of rotatable bonds is 7. The number of carbonyl (C=O) groups excluding carboxylic acids is 4. The molecule has 9 heteroatoms. The first-order valence-corrected chi connectivity index (χ1v) is 16.0. The number of ether oxygens (including phenoxy) is 2. The van der Waals surface area contributed by atoms with Crippen LogP contribution in [0.25, 0.3) is 22.2 Å². The summed E-state index contributed by atoms with van der Waals surface area (Å²) in [5, 5.41) is 0.583. The smallest absolute Gasteiger partial charge is 0.339 e. The van der Waals surface area contributed by atoms with Gasteiger partial charge in [-0.25, -0.2) is 9.78 Å². The summed E-state index contributed by atoms with van der Waals surface area (Å²) in [6, 6.07) is 19.1. The highest BCUT2D eigenvalue weighted by molar-refractivity contribution is 9.10. The number of amides is 2. The molecule has 2 heterocycles. The van der Waals surface area contributed by atoms with Crippen molar-refractivity contribution in [3.63, 3.8) is 0 Å². The molecule has 1 saturated heterocycles. The van der Waals surface area contributed by atoms with Gasteiger partial charge in [0, 0.05) is 21.0 Å². The number of halogens is 1. The number of methoxy groups -OCH3 is 1. The third-order valence-electron chi connectivity index (χ3n) is 9.62. The number of hydrogen-bond donors (Lipinski definition) is 0. The van der Waals surface area contributed by atoms with E-state index in [4.69, 9.17) is 14.5 Å². The van der Waals surface area contributed by atoms with E-state index in [1.165, 1.54) is 10.5 Å². The molecule has 0 spiro atoms. The Morgan fingerprint density at radius 1 is 0.957 bits per heavy atom. The Morgan fingerprint density at radius 2 is 1.65 bits per heavy atom. The van der Waals surface area contributed by atoms with E-state index in [2.05, 4.69) is 28.9 Å². The first-order valence-electron chi connectivity index (χ1n) is 15.2. The highest BCUT2D eigenvalue weighted by Crippen LogP contribution is 2.56. The molecule has 2 bridgehead atoms. The van der Waals surface area contributed by atoms with Gasteiger partial charge < -0.3 is 9.47 Å². The summed E-state index contributed by atoms with van der Waals surface area (Å²) in [6.07, 6.45) is 2.01. The zero-order chi connectivity index (χ0) is 32.4. The zero-order valence-electron chi connectivity index (χ0n) is 25.7. The molecule has 8 nitrogen and oxygen atoms in total. The van der Waals surface area contributed by atoms with Crippen LogP contribution in [0, 0.1) is 30.6 Å². The summed E-state index contributed by atoms with van der Waals surface area (Å²) in [6.45, 7) is 5.51. The van der Waals surface area contributed by atoms with Crippen LogP contribution in [0.5, 0.6) is 5.75 Å². The van der Waals surface area contributed by atoms with E-state index < -0.39 is 12.1 Å². The standard InChI is InChI=1S/C37H31BrN2O6/c1-18-13-23-15-27(18)32-31(23)35(42)40(36(32)43)25-9-5-21(6-10-25)30-17-29(28-16-24(38)14-19(2)33(28)39-30)37(44)46-20(3)34(41)22-7-11-26(45-4)12-8-22/h5-14,16-17,20,23,27,31-32H,15H2,1-4H3. The van der Waals surface area contributed by atoms with Crippen molar-refractivity contribution in [3.8, 4) is 17.0 Å². The van der Waals surface area contributed by atoms with Crippen LogP contribution in [0.1, 0.15) is 46.5 Å². The fraction of sp³-hybridized carbons (Fsp3) is 0.270. The monoisotopic (exact) mass is 678 g/mol. The first kappa shape index (κ1) is 30.0. The average Bonchev–Trinajstić information content (AvgIpc) is 3.69. The highest BCUT2D eigenvalue weighted by atomic mass is 79.9. The van der Waals surface area contributed by atoms with Gasteiger partial charge in [-0.2, -0.15) is 0 Å². The van der Waals surface area contributed by atoms with Crippen molar-refractivity contribution in [1.82, 2.24) is 4.98 Å². The molecule has 3 aliphatic rings. The molecule has 1 aromatic heterocycles. The number of anilines is 1. The predicted molar refractivity (Wildman–Crippen MR) is 177 cm³/mol. The molecule has 0 radical (unpaired) electrons. The summed E-state index contributed by atoms with van der Waals surface area (Å²) in [7, 11) is 1.55. The van der Waals surface area contributed by atoms with Crippen LogP contribution in [-0.4, -0.2) is 41.8 Å². The third-order valence-corrected chi connectivity index (χ3v) is 10.1. The van der Waals surface area contributed by atoms with Gasteiger partial charge in [0.25, 0.3) is 0 Å². The topological polar surface area (TPSA) is 103 Å². The number of carbonyl (C=O) groups is 4. The van der Waals surface area contributed by atoms with E-state index in [0.717, 1.165) is 16.5 Å². The van der Waals surface area contributed by atoms with Crippen molar-refractivity contribution in [2.75, 3.05) is 12.0 Å². The van der Waals surface area contributed by atoms with E-state index in [1.54, 1.807) is 74.7 Å². The van der Waals surface area contributed by atoms with Crippen LogP contribution >= 0.6 is 15.9 Å². The number of allylic oxidation sites excluding steroid dienone is 2. The Morgan fingerprint density at radius 3 is 2.35 bits per heavy atom. The molecule has 7 rings (SSSR count). The SMILES string of the molecule is COc1ccc(C(=O)C(C)OC(=O)c2cc(-c3ccc(N4C(=O)C5C6C=C(C)C(C6)C5C4=O)cc3)nc3c(C)cc(Br)cc23)cc1. The summed E-state index contributed by atoms with van der Waals surface area (Å²) in [4.78, 5) is 59.8. The molecule has 5 unspecified atom stereocenters. The maximum Gasteiger partial charge on any atom is 0.339 e. The fourth-order valence-corrected chi connectivity index (χ4v) is 7.92. The first-order chi connectivity index (χ1) is 22.0. The number of Topliss-reactive ketones (excluding diaryl/α,β-unsaturated/α-hetero) is 1. The van der Waals surface area contributed by atoms with Crippen molar-refractivity contribution in [1.29, 1.82) is 0 Å². The average molecular weight is 680 g/mol. The summed E-state index contributed by atoms with van der Waals surface area (Å²) >= 11 is 3.52. The number of imide groups is 1. The van der Waals surface area contributed by atoms with Gasteiger partial charge in [0.1, 0.15) is 5.75 Å². The van der Waals surface area contributed by atoms with Gasteiger partial charge in [0.2, 0.25) is 17.6 Å². The fourth-order valence-electron chi connectivity index (χ4n) is 7.35. The van der Waals surface area contributed by atoms with Crippen molar-refractivity contribution < 1.29 is 28.7 Å². The lowest BCUT2D eigenvalue weighted by Crippen LogP contribution is -2.32. The Labute approximate surface area is 274 Å². The molecular weight excluding hydrogens is 648 g/mol. The molecule has 2 aliphatic carbocycles. The second-order valence-corrected chi connectivity index (χ2v) is 13.3. The molecule has 232 valence electrons. The van der Waals surface area contributed by atoms with Gasteiger partial charge in [-0.05, 0) is 99.2 Å². The van der Waals surface area contributed by atoms with Crippen molar-refractivity contribution in [2.24, 2.45) is 23.7 Å². The van der Waals surface area contributed by atoms with E-state index in [9.17, 15) is 19.2 Å². The van der Waals surface area contributed by atoms with E-state index in [0.29, 0.717) is 39.2 Å². The van der Waals surface area contributed by atoms with Crippen LogP contribution in [0.4, 0.5) is 5.69 Å². The Balaban J connectivity index is 1.19. The minimum absolute atomic E-state index is 0.129. The number of hydrogen-bond acceptors (Lipinski definition) is 7. The Kier molecular flexibility index (Phi) is 7.39. The number of pyridine rings is 1. The van der Waals surface area contributed by atoms with Gasteiger partial charge in [-0.15, -0.1) is 0 Å². The molecule has 5 atom stereocenters. The van der Waals surface area contributed by atoms with Gasteiger partial charge in [0.05, 0.1) is 41.4 Å². The minimum atomic E-state index is -1.04. The van der Waals surface area contributed by atoms with Gasteiger partial charge >= 0.3 is 5.97 Å². The van der Waals surface area contributed by atoms with E-state index in [-0.39, 0.29) is 46.8 Å². The maximum atomic E-state index is 13.7. The number of esters is 1. The molecule has 0 N–H and O–H groups in total. The van der Waals surface area contributed by atoms with Crippen LogP contribution in [-0.2, 0) is 14.3 Å². The molecule has 2 fully saturated rings. The van der Waals surface area contributed by atoms with Crippen molar-refractivity contribution >= 4 is 56.1 Å². The van der Waals surface area contributed by atoms with E-state index in [1.807, 2.05) is 13.0 Å². The summed E-state index contributed by atoms with van der Waals surface area (Å²) in [5.74, 6) is -0.916. The van der Waals surface area contributed by atoms with Crippen LogP contribution in [0.2, 0.25) is 0 Å². The lowest BCUT2D eigenvalue weighted by atomic mass is 9.82. The van der Waals surface area contributed by atoms with Crippen molar-refractivity contribution in [2.45, 2.75) is 33.3 Å². The molecule has 4 aromatic rings. The Hall–Kier alpha value is -4.63. The molecule has 1 aliphatic heterocycles. The number of aromatic nitrogens is 1. The van der Waals surface area contributed by atoms with Crippen LogP contribution < -0.4 is 9.64 Å². The summed E-state index contributed by atoms with van der Waals surface area (Å²) < 4.78 is 11.7. The second-order valence-electron chi connectivity index (χ2n) is 12.3. The predicted octanol–water partition coefficient (Wildman–Crippen LogP) is 7.11. The molecule has 46 heavy (non-hydrogen) atoms. The minimum Gasteiger partial charge on any atom is -0.497 e. The van der Waals surface area contributed by atoms with Gasteiger partial charge in [0.15, 0.2) is 6.10 Å². The van der Waals surface area contributed by atoms with Crippen molar-refractivity contribution in [3.05, 3.63) is 99.5 Å². The largest absolute Gasteiger partial charge is 0.497 e. The quantitative estimate of drug-likeness (QED) is 0.0888. The zero-order valence-corrected chi connectivity index (χ0v) is 27.3. The number of ketones is 1. The van der Waals surface area contributed by atoms with Gasteiger partial charge in [-0.3, -0.25) is 19.3 Å². The van der Waals surface area contributed by atoms with Crippen LogP contribution in [0.15, 0.2) is 82.9 Å². The summed E-state index contributed by atoms with van der Waals surface area (Å²) in [5.41, 5.74) is 5.07. The normalized spacial score (nSPS) is 22.2. The number of fused-ring (bicyclic) bond motifs is 6. The maximum absolute atomic E-state index is 13.7. The lowest BCUT2D eigenvalue weighted by molar-refractivity contribution is -0.123. The third kappa shape index (κ3) is 4.85. The van der Waals surface area contributed by atoms with E-state index >= 15 is 0 Å². The lowest BCUT2D eigenvalue weighted by Gasteiger charge is -2.19. The highest BCUT2D eigenvalue weighted by Gasteiger charge is 2.60. The molecule has 2 amide bonds. The molecular formula is C37H31BrN2O6. The second kappa shape index (κ2) is 11.3. The Bertz CT molecular complexity index is 1980. The number of aryl methyl sites for hydroxylation is 1. The molecule has 3 aromatic carbocycles. The van der Waals surface area contributed by atoms with Crippen LogP contribution in [0.3, 0.4) is 0 Å². The number of benzene rings is 3.